The van der Waals surface area contributed by atoms with Gasteiger partial charge in [0.25, 0.3) is 7.82 Å². The number of hydrogen-bond donors (Lipinski definition) is 0. The van der Waals surface area contributed by atoms with Crippen molar-refractivity contribution in [1.82, 2.24) is 0 Å². The molecule has 0 aromatic heterocycles. The van der Waals surface area contributed by atoms with E-state index in [2.05, 4.69) is 123 Å². The maximum atomic E-state index is 12.9. The van der Waals surface area contributed by atoms with Crippen molar-refractivity contribution in [2.45, 2.75) is 373 Å². The number of carbonyl (C=O) groups excluding carboxylic acids is 2. The van der Waals surface area contributed by atoms with Crippen LogP contribution in [0.3, 0.4) is 0 Å². The first-order valence-electron chi connectivity index (χ1n) is 40.1. The SMILES string of the molecule is CC/C=C\C/C=C\C/C=C\C/C=C\C/C=C\C/C=C\C/C=C\C/C=C\C/C=C\CCCCCC(=O)OC(COC(=O)CCCCCCCCCCCCCCCCCCCCCCCCCCCCCCCCCCCCCCCCCC)COP(=O)([O-])OCC[N+](C)(C)C. The number of nitrogens with zero attached hydrogens (tertiary/aromatic N) is 1. The maximum absolute atomic E-state index is 12.9. The predicted molar refractivity (Wildman–Crippen MR) is 411 cm³/mol. The second kappa shape index (κ2) is 74.9. The van der Waals surface area contributed by atoms with Crippen LogP contribution in [0.5, 0.6) is 0 Å². The molecule has 0 bridgehead atoms. The summed E-state index contributed by atoms with van der Waals surface area (Å²) in [5, 5.41) is 0. The molecule has 9 nitrogen and oxygen atoms in total. The van der Waals surface area contributed by atoms with Crippen molar-refractivity contribution in [3.8, 4) is 0 Å². The summed E-state index contributed by atoms with van der Waals surface area (Å²) < 4.78 is 34.3. The Morgan fingerprint density at radius 3 is 0.895 bits per heavy atom. The quantitative estimate of drug-likeness (QED) is 0.0195. The fraction of sp³-hybridized carbons (Fsp3) is 0.765. The van der Waals surface area contributed by atoms with Crippen LogP contribution in [0.25, 0.3) is 0 Å². The third-order valence-electron chi connectivity index (χ3n) is 17.6. The van der Waals surface area contributed by atoms with E-state index in [1.165, 1.54) is 238 Å². The first-order valence-corrected chi connectivity index (χ1v) is 41.6. The van der Waals surface area contributed by atoms with E-state index in [0.29, 0.717) is 17.4 Å². The molecule has 0 heterocycles. The summed E-state index contributed by atoms with van der Waals surface area (Å²) in [5.74, 6) is -0.865. The zero-order valence-electron chi connectivity index (χ0n) is 62.8. The van der Waals surface area contributed by atoms with Crippen molar-refractivity contribution < 1.29 is 42.1 Å². The van der Waals surface area contributed by atoms with Gasteiger partial charge in [-0.3, -0.25) is 14.2 Å². The summed E-state index contributed by atoms with van der Waals surface area (Å²) in [4.78, 5) is 38.1. The lowest BCUT2D eigenvalue weighted by Gasteiger charge is -2.28. The number of carbonyl (C=O) groups is 2. The molecule has 0 saturated heterocycles. The van der Waals surface area contributed by atoms with E-state index in [-0.39, 0.29) is 32.0 Å². The molecule has 0 fully saturated rings. The zero-order valence-corrected chi connectivity index (χ0v) is 63.7. The molecular formula is C85H152NO8P. The van der Waals surface area contributed by atoms with Gasteiger partial charge in [-0.05, 0) is 83.5 Å². The van der Waals surface area contributed by atoms with Crippen molar-refractivity contribution in [2.75, 3.05) is 47.5 Å². The lowest BCUT2D eigenvalue weighted by atomic mass is 10.0. The summed E-state index contributed by atoms with van der Waals surface area (Å²) in [7, 11) is 1.14. The van der Waals surface area contributed by atoms with Gasteiger partial charge in [-0.15, -0.1) is 0 Å². The molecule has 0 rings (SSSR count). The predicted octanol–water partition coefficient (Wildman–Crippen LogP) is 26.2. The Labute approximate surface area is 588 Å². The highest BCUT2D eigenvalue weighted by Crippen LogP contribution is 2.38. The summed E-state index contributed by atoms with van der Waals surface area (Å²) in [5.41, 5.74) is 0. The molecule has 0 aliphatic heterocycles. The number of hydrogen-bond acceptors (Lipinski definition) is 8. The molecule has 2 unspecified atom stereocenters. The summed E-state index contributed by atoms with van der Waals surface area (Å²) in [6, 6.07) is 0. The van der Waals surface area contributed by atoms with Gasteiger partial charge in [0.15, 0.2) is 6.10 Å². The number of allylic oxidation sites excluding steroid dienone is 18. The van der Waals surface area contributed by atoms with E-state index < -0.39 is 26.5 Å². The van der Waals surface area contributed by atoms with Gasteiger partial charge in [-0.25, -0.2) is 0 Å². The lowest BCUT2D eigenvalue weighted by Crippen LogP contribution is -2.37. The first kappa shape index (κ1) is 91.7. The fourth-order valence-electron chi connectivity index (χ4n) is 11.5. The molecule has 10 heteroatoms. The fourth-order valence-corrected chi connectivity index (χ4v) is 12.2. The third-order valence-corrected chi connectivity index (χ3v) is 18.5. The van der Waals surface area contributed by atoms with E-state index in [4.69, 9.17) is 18.5 Å². The highest BCUT2D eigenvalue weighted by Gasteiger charge is 2.22. The van der Waals surface area contributed by atoms with Crippen molar-refractivity contribution >= 4 is 19.8 Å². The molecule has 2 atom stereocenters. The van der Waals surface area contributed by atoms with E-state index in [0.717, 1.165) is 96.3 Å². The first-order chi connectivity index (χ1) is 46.5. The van der Waals surface area contributed by atoms with Crippen molar-refractivity contribution in [2.24, 2.45) is 0 Å². The standard InChI is InChI=1S/C85H152NO8P/c1-6-8-10-12-14-16-18-20-22-24-26-28-30-32-34-36-38-39-40-41-42-43-44-45-46-48-49-51-53-55-57-59-61-63-65-67-69-71-73-75-77-84(87)91-81-83(82-93-95(89,90)92-80-79-86(3,4)5)94-85(88)78-76-74-72-70-68-66-64-62-60-58-56-54-52-50-47-37-35-33-31-29-27-25-23-21-19-17-15-13-11-9-7-2/h9,11,15,17,21,23,27,29,33,35,47,50,54,56,60,62,66,68,83H,6-8,10,12-14,16,18-20,22,24-26,28,30-32,34,36-46,48-49,51-53,55,57-59,61,63-65,67,69-82H2,1-5H3/b11-9-,17-15-,23-21-,29-27-,35-33-,50-47-,56-54-,62-60-,68-66-. The molecule has 0 radical (unpaired) electrons. The molecule has 95 heavy (non-hydrogen) atoms. The van der Waals surface area contributed by atoms with Gasteiger partial charge in [0.05, 0.1) is 27.7 Å². The number of likely N-dealkylation sites (N-methyl/N-ethyl adjacent to an activating group) is 1. The van der Waals surface area contributed by atoms with E-state index in [1.54, 1.807) is 0 Å². The van der Waals surface area contributed by atoms with Crippen LogP contribution < -0.4 is 4.89 Å². The zero-order chi connectivity index (χ0) is 69.0. The van der Waals surface area contributed by atoms with Crippen LogP contribution in [0.2, 0.25) is 0 Å². The number of phosphoric acid groups is 1. The molecule has 0 aliphatic carbocycles. The van der Waals surface area contributed by atoms with Crippen LogP contribution in [0.1, 0.15) is 367 Å². The second-order valence-corrected chi connectivity index (χ2v) is 29.5. The van der Waals surface area contributed by atoms with Crippen molar-refractivity contribution in [3.05, 3.63) is 109 Å². The van der Waals surface area contributed by atoms with E-state index >= 15 is 0 Å². The molecule has 0 spiro atoms. The molecule has 0 N–H and O–H groups in total. The molecular weight excluding hydrogens is 1190 g/mol. The number of ether oxygens (including phenoxy) is 2. The number of unbranched alkanes of at least 4 members (excludes halogenated alkanes) is 42. The smallest absolute Gasteiger partial charge is 0.306 e. The highest BCUT2D eigenvalue weighted by molar-refractivity contribution is 7.45. The molecule has 550 valence electrons. The molecule has 0 aromatic rings. The van der Waals surface area contributed by atoms with Gasteiger partial charge in [-0.1, -0.05) is 380 Å². The van der Waals surface area contributed by atoms with E-state index in [1.807, 2.05) is 21.1 Å². The van der Waals surface area contributed by atoms with Gasteiger partial charge in [0.1, 0.15) is 19.8 Å². The largest absolute Gasteiger partial charge is 0.756 e. The normalized spacial score (nSPS) is 13.6. The van der Waals surface area contributed by atoms with Gasteiger partial charge < -0.3 is 27.9 Å². The molecule has 0 aliphatic rings. The van der Waals surface area contributed by atoms with E-state index in [9.17, 15) is 19.0 Å². The number of esters is 2. The topological polar surface area (TPSA) is 111 Å². The molecule has 0 aromatic carbocycles. The van der Waals surface area contributed by atoms with Gasteiger partial charge in [-0.2, -0.15) is 0 Å². The lowest BCUT2D eigenvalue weighted by molar-refractivity contribution is -0.870. The highest BCUT2D eigenvalue weighted by atomic mass is 31.2. The number of rotatable bonds is 74. The third kappa shape index (κ3) is 79.5. The summed E-state index contributed by atoms with van der Waals surface area (Å²) in [6.45, 7) is 4.13. The molecule has 0 saturated carbocycles. The summed E-state index contributed by atoms with van der Waals surface area (Å²) >= 11 is 0. The van der Waals surface area contributed by atoms with Crippen molar-refractivity contribution in [3.63, 3.8) is 0 Å². The monoisotopic (exact) mass is 1350 g/mol. The average Bonchev–Trinajstić information content (AvgIpc) is 2.29. The van der Waals surface area contributed by atoms with Gasteiger partial charge in [0.2, 0.25) is 0 Å². The Morgan fingerprint density at radius 2 is 0.600 bits per heavy atom. The Morgan fingerprint density at radius 1 is 0.337 bits per heavy atom. The number of quaternary nitrogens is 1. The van der Waals surface area contributed by atoms with Crippen LogP contribution in [-0.2, 0) is 32.7 Å². The Kier molecular flexibility index (Phi) is 72.3. The minimum Gasteiger partial charge on any atom is -0.756 e. The van der Waals surface area contributed by atoms with Crippen LogP contribution >= 0.6 is 7.82 Å². The second-order valence-electron chi connectivity index (χ2n) is 28.1. The minimum atomic E-state index is -4.66. The van der Waals surface area contributed by atoms with Gasteiger partial charge >= 0.3 is 11.9 Å². The number of phosphoric ester groups is 1. The van der Waals surface area contributed by atoms with Crippen molar-refractivity contribution in [1.29, 1.82) is 0 Å². The van der Waals surface area contributed by atoms with Gasteiger partial charge in [0, 0.05) is 12.8 Å². The Balaban J connectivity index is 3.99. The maximum Gasteiger partial charge on any atom is 0.306 e. The summed E-state index contributed by atoms with van der Waals surface area (Å²) in [6.07, 6.45) is 107. The molecule has 0 amide bonds. The van der Waals surface area contributed by atoms with Crippen LogP contribution in [-0.4, -0.2) is 70.0 Å². The van der Waals surface area contributed by atoms with Crippen LogP contribution in [0.4, 0.5) is 0 Å². The average molecular weight is 1350 g/mol. The van der Waals surface area contributed by atoms with Crippen LogP contribution in [0, 0.1) is 0 Å². The van der Waals surface area contributed by atoms with Crippen LogP contribution in [0.15, 0.2) is 109 Å². The Hall–Kier alpha value is -3.33. The minimum absolute atomic E-state index is 0.0418. The Bertz CT molecular complexity index is 1970.